The summed E-state index contributed by atoms with van der Waals surface area (Å²) >= 11 is 0. The molecule has 1 aromatic carbocycles. The summed E-state index contributed by atoms with van der Waals surface area (Å²) in [5.41, 5.74) is 8.51. The van der Waals surface area contributed by atoms with Gasteiger partial charge in [0.05, 0.1) is 27.9 Å². The van der Waals surface area contributed by atoms with E-state index < -0.39 is 0 Å². The zero-order valence-corrected chi connectivity index (χ0v) is 14.7. The average Bonchev–Trinajstić information content (AvgIpc) is 2.61. The zero-order valence-electron chi connectivity index (χ0n) is 14.7. The van der Waals surface area contributed by atoms with Crippen LogP contribution in [0.3, 0.4) is 0 Å². The Morgan fingerprint density at radius 1 is 1.08 bits per heavy atom. The lowest BCUT2D eigenvalue weighted by Gasteiger charge is -2.26. The highest BCUT2D eigenvalue weighted by Gasteiger charge is 2.21. The molecule has 0 radical (unpaired) electrons. The van der Waals surface area contributed by atoms with E-state index in [1.165, 1.54) is 6.33 Å². The Labute approximate surface area is 146 Å². The highest BCUT2D eigenvalue weighted by atomic mass is 16.5. The number of anilines is 2. The Morgan fingerprint density at radius 3 is 2.36 bits per heavy atom. The third kappa shape index (κ3) is 3.15. The van der Waals surface area contributed by atoms with E-state index in [9.17, 15) is 0 Å². The van der Waals surface area contributed by atoms with E-state index in [1.54, 1.807) is 21.3 Å². The maximum absolute atomic E-state index is 5.95. The predicted molar refractivity (Wildman–Crippen MR) is 96.6 cm³/mol. The molecule has 0 atom stereocenters. The predicted octanol–water partition coefficient (Wildman–Crippen LogP) is 1.85. The van der Waals surface area contributed by atoms with Gasteiger partial charge in [-0.25, -0.2) is 15.0 Å². The molecule has 2 N–H and O–H groups in total. The van der Waals surface area contributed by atoms with Crippen LogP contribution >= 0.6 is 0 Å². The zero-order chi connectivity index (χ0) is 18.0. The minimum atomic E-state index is 0.374. The third-order valence-electron chi connectivity index (χ3n) is 4.02. The van der Waals surface area contributed by atoms with Crippen molar-refractivity contribution < 1.29 is 14.2 Å². The standard InChI is InChI=1S/C17H21N5O3/c1-22-8-11(21-14-16(18)19-9-20-17(14)22)5-10-6-12(23-2)15(25-4)13(7-10)24-3/h6-7,9H,5,8H2,1-4H3,(H2,18,19,20). The fourth-order valence-corrected chi connectivity index (χ4v) is 2.88. The number of fused-ring (bicyclic) bond motifs is 1. The van der Waals surface area contributed by atoms with Gasteiger partial charge in [0.1, 0.15) is 12.0 Å². The normalized spacial score (nSPS) is 13.1. The number of ether oxygens (including phenoxy) is 3. The molecule has 0 amide bonds. The van der Waals surface area contributed by atoms with E-state index in [1.807, 2.05) is 24.1 Å². The highest BCUT2D eigenvalue weighted by Crippen LogP contribution is 2.39. The van der Waals surface area contributed by atoms with Gasteiger partial charge in [-0.15, -0.1) is 0 Å². The van der Waals surface area contributed by atoms with Crippen LogP contribution in [0.25, 0.3) is 0 Å². The summed E-state index contributed by atoms with van der Waals surface area (Å²) in [5, 5.41) is 0. The number of nitrogens with zero attached hydrogens (tertiary/aromatic N) is 4. The molecule has 132 valence electrons. The number of aliphatic imine (C=N–C) groups is 1. The number of benzene rings is 1. The van der Waals surface area contributed by atoms with Gasteiger partial charge in [-0.05, 0) is 17.7 Å². The minimum Gasteiger partial charge on any atom is -0.493 e. The summed E-state index contributed by atoms with van der Waals surface area (Å²) in [6, 6.07) is 3.84. The van der Waals surface area contributed by atoms with Crippen LogP contribution in [0.2, 0.25) is 0 Å². The number of methoxy groups -OCH3 is 3. The van der Waals surface area contributed by atoms with Crippen molar-refractivity contribution in [1.29, 1.82) is 0 Å². The number of nitrogens with two attached hydrogens (primary N) is 1. The molecule has 8 heteroatoms. The number of nitrogen functional groups attached to an aromatic ring is 1. The molecule has 2 aromatic rings. The maximum atomic E-state index is 5.95. The number of aromatic nitrogens is 2. The highest BCUT2D eigenvalue weighted by molar-refractivity contribution is 5.98. The van der Waals surface area contributed by atoms with Gasteiger partial charge in [0.15, 0.2) is 23.1 Å². The van der Waals surface area contributed by atoms with Gasteiger partial charge < -0.3 is 24.8 Å². The Kier molecular flexibility index (Phi) is 4.60. The first-order valence-corrected chi connectivity index (χ1v) is 7.74. The van der Waals surface area contributed by atoms with Crippen molar-refractivity contribution in [1.82, 2.24) is 9.97 Å². The van der Waals surface area contributed by atoms with Gasteiger partial charge in [-0.3, -0.25) is 0 Å². The first-order valence-electron chi connectivity index (χ1n) is 7.74. The summed E-state index contributed by atoms with van der Waals surface area (Å²) in [5.74, 6) is 2.91. The van der Waals surface area contributed by atoms with Crippen LogP contribution in [0.1, 0.15) is 5.56 Å². The van der Waals surface area contributed by atoms with Gasteiger partial charge in [0, 0.05) is 19.2 Å². The van der Waals surface area contributed by atoms with Crippen LogP contribution in [0.5, 0.6) is 17.2 Å². The lowest BCUT2D eigenvalue weighted by molar-refractivity contribution is 0.324. The summed E-state index contributed by atoms with van der Waals surface area (Å²) in [4.78, 5) is 14.9. The molecule has 0 fully saturated rings. The van der Waals surface area contributed by atoms with E-state index >= 15 is 0 Å². The Bertz CT molecular complexity index is 797. The second-order valence-electron chi connectivity index (χ2n) is 5.68. The first kappa shape index (κ1) is 16.8. The molecule has 0 spiro atoms. The molecular formula is C17H21N5O3. The van der Waals surface area contributed by atoms with Crippen LogP contribution in [-0.2, 0) is 6.42 Å². The lowest BCUT2D eigenvalue weighted by Crippen LogP contribution is -2.30. The van der Waals surface area contributed by atoms with Crippen molar-refractivity contribution in [3.8, 4) is 17.2 Å². The summed E-state index contributed by atoms with van der Waals surface area (Å²) in [7, 11) is 6.73. The number of rotatable bonds is 5. The lowest BCUT2D eigenvalue weighted by atomic mass is 10.1. The Balaban J connectivity index is 1.97. The minimum absolute atomic E-state index is 0.374. The molecule has 0 unspecified atom stereocenters. The van der Waals surface area contributed by atoms with Crippen LogP contribution in [-0.4, -0.2) is 50.6 Å². The van der Waals surface area contributed by atoms with Crippen LogP contribution < -0.4 is 24.8 Å². The Morgan fingerprint density at radius 2 is 1.76 bits per heavy atom. The summed E-state index contributed by atoms with van der Waals surface area (Å²) < 4.78 is 16.2. The molecule has 1 aliphatic heterocycles. The van der Waals surface area contributed by atoms with Gasteiger partial charge in [0.2, 0.25) is 5.75 Å². The fourth-order valence-electron chi connectivity index (χ4n) is 2.88. The molecule has 0 saturated carbocycles. The van der Waals surface area contributed by atoms with E-state index in [4.69, 9.17) is 19.9 Å². The summed E-state index contributed by atoms with van der Waals surface area (Å²) in [6.07, 6.45) is 2.07. The smallest absolute Gasteiger partial charge is 0.203 e. The van der Waals surface area contributed by atoms with E-state index in [-0.39, 0.29) is 0 Å². The SMILES string of the molecule is COc1cc(CC2=Nc3c(N)ncnc3N(C)C2)cc(OC)c1OC. The Hall–Kier alpha value is -3.03. The van der Waals surface area contributed by atoms with Gasteiger partial charge in [0.25, 0.3) is 0 Å². The number of hydrogen-bond donors (Lipinski definition) is 1. The molecule has 1 aliphatic rings. The monoisotopic (exact) mass is 343 g/mol. The van der Waals surface area contributed by atoms with Crippen molar-refractivity contribution in [2.24, 2.45) is 4.99 Å². The molecular weight excluding hydrogens is 322 g/mol. The molecule has 1 aromatic heterocycles. The maximum Gasteiger partial charge on any atom is 0.203 e. The van der Waals surface area contributed by atoms with E-state index in [0.29, 0.717) is 41.7 Å². The molecule has 0 bridgehead atoms. The van der Waals surface area contributed by atoms with E-state index in [2.05, 4.69) is 15.0 Å². The van der Waals surface area contributed by atoms with Gasteiger partial charge >= 0.3 is 0 Å². The quantitative estimate of drug-likeness (QED) is 0.885. The van der Waals surface area contributed by atoms with Crippen molar-refractivity contribution in [2.45, 2.75) is 6.42 Å². The van der Waals surface area contributed by atoms with Crippen LogP contribution in [0, 0.1) is 0 Å². The van der Waals surface area contributed by atoms with Crippen LogP contribution in [0.15, 0.2) is 23.5 Å². The van der Waals surface area contributed by atoms with Gasteiger partial charge in [-0.2, -0.15) is 0 Å². The topological polar surface area (TPSA) is 95.1 Å². The van der Waals surface area contributed by atoms with Crippen molar-refractivity contribution in [2.75, 3.05) is 45.6 Å². The molecule has 8 nitrogen and oxygen atoms in total. The second kappa shape index (κ2) is 6.84. The van der Waals surface area contributed by atoms with Gasteiger partial charge in [-0.1, -0.05) is 0 Å². The van der Waals surface area contributed by atoms with E-state index in [0.717, 1.165) is 17.1 Å². The van der Waals surface area contributed by atoms with Crippen molar-refractivity contribution in [3.05, 3.63) is 24.0 Å². The number of hydrogen-bond acceptors (Lipinski definition) is 8. The molecule has 25 heavy (non-hydrogen) atoms. The fraction of sp³-hybridized carbons (Fsp3) is 0.353. The second-order valence-corrected chi connectivity index (χ2v) is 5.68. The molecule has 0 aliphatic carbocycles. The molecule has 0 saturated heterocycles. The molecule has 2 heterocycles. The summed E-state index contributed by atoms with van der Waals surface area (Å²) in [6.45, 7) is 0.653. The molecule has 3 rings (SSSR count). The van der Waals surface area contributed by atoms with Crippen LogP contribution in [0.4, 0.5) is 17.3 Å². The average molecular weight is 343 g/mol. The third-order valence-corrected chi connectivity index (χ3v) is 4.02. The van der Waals surface area contributed by atoms with Crippen molar-refractivity contribution in [3.63, 3.8) is 0 Å². The first-order chi connectivity index (χ1) is 12.1. The largest absolute Gasteiger partial charge is 0.493 e. The van der Waals surface area contributed by atoms with Crippen molar-refractivity contribution >= 4 is 23.0 Å².